The second-order valence-corrected chi connectivity index (χ2v) is 7.26. The van der Waals surface area contributed by atoms with Crippen LogP contribution in [0.3, 0.4) is 0 Å². The molecule has 0 radical (unpaired) electrons. The van der Waals surface area contributed by atoms with E-state index in [-0.39, 0.29) is 24.1 Å². The van der Waals surface area contributed by atoms with Gasteiger partial charge in [0.25, 0.3) is 0 Å². The van der Waals surface area contributed by atoms with Gasteiger partial charge in [-0.05, 0) is 12.8 Å². The van der Waals surface area contributed by atoms with Crippen LogP contribution in [0.25, 0.3) is 0 Å². The number of hydrogen-bond donors (Lipinski definition) is 2. The zero-order chi connectivity index (χ0) is 17.0. The van der Waals surface area contributed by atoms with Crippen LogP contribution < -0.4 is 10.6 Å². The summed E-state index contributed by atoms with van der Waals surface area (Å²) in [4.78, 5) is 23.7. The molecule has 4 nitrogen and oxygen atoms in total. The highest BCUT2D eigenvalue weighted by Crippen LogP contribution is 2.16. The summed E-state index contributed by atoms with van der Waals surface area (Å²) in [6.07, 6.45) is 7.85. The first-order valence-corrected chi connectivity index (χ1v) is 10.1. The van der Waals surface area contributed by atoms with Crippen LogP contribution in [0.4, 0.5) is 0 Å². The smallest absolute Gasteiger partial charge is 0.230 e. The Bertz CT molecular complexity index is 505. The third kappa shape index (κ3) is 9.28. The SMILES string of the molecule is Cl.O=C(CSCC(=O)c1ccccc1)NCCNC1CCCCCC1. The number of hydrogen-bond acceptors (Lipinski definition) is 4. The minimum Gasteiger partial charge on any atom is -0.354 e. The Morgan fingerprint density at radius 1 is 0.960 bits per heavy atom. The van der Waals surface area contributed by atoms with Gasteiger partial charge in [-0.25, -0.2) is 0 Å². The van der Waals surface area contributed by atoms with Crippen molar-refractivity contribution in [1.29, 1.82) is 0 Å². The van der Waals surface area contributed by atoms with E-state index in [9.17, 15) is 9.59 Å². The standard InChI is InChI=1S/C19H28N2O2S.ClH/c22-18(16-8-4-3-5-9-16)14-24-15-19(23)21-13-12-20-17-10-6-1-2-7-11-17;/h3-5,8-9,17,20H,1-2,6-7,10-15H2,(H,21,23);1H. The maximum atomic E-state index is 11.9. The molecule has 140 valence electrons. The largest absolute Gasteiger partial charge is 0.354 e. The molecule has 0 atom stereocenters. The molecule has 1 aliphatic rings. The van der Waals surface area contributed by atoms with Crippen LogP contribution in [-0.4, -0.2) is 42.3 Å². The Kier molecular flexibility index (Phi) is 11.6. The summed E-state index contributed by atoms with van der Waals surface area (Å²) in [6, 6.07) is 9.82. The lowest BCUT2D eigenvalue weighted by molar-refractivity contribution is -0.118. The molecule has 1 saturated carbocycles. The molecular weight excluding hydrogens is 356 g/mol. The lowest BCUT2D eigenvalue weighted by atomic mass is 10.1. The van der Waals surface area contributed by atoms with E-state index in [0.29, 0.717) is 29.7 Å². The predicted octanol–water partition coefficient (Wildman–Crippen LogP) is 3.45. The number of carbonyl (C=O) groups is 2. The molecule has 1 aromatic carbocycles. The van der Waals surface area contributed by atoms with Crippen LogP contribution in [0.15, 0.2) is 30.3 Å². The van der Waals surface area contributed by atoms with E-state index >= 15 is 0 Å². The molecule has 0 unspecified atom stereocenters. The van der Waals surface area contributed by atoms with Crippen LogP contribution in [0.1, 0.15) is 48.9 Å². The van der Waals surface area contributed by atoms with E-state index in [4.69, 9.17) is 0 Å². The number of carbonyl (C=O) groups excluding carboxylic acids is 2. The van der Waals surface area contributed by atoms with Gasteiger partial charge in [-0.2, -0.15) is 0 Å². The molecule has 25 heavy (non-hydrogen) atoms. The van der Waals surface area contributed by atoms with Crippen molar-refractivity contribution in [2.75, 3.05) is 24.6 Å². The zero-order valence-corrected chi connectivity index (χ0v) is 16.3. The van der Waals surface area contributed by atoms with E-state index in [1.165, 1.54) is 50.3 Å². The number of thioether (sulfide) groups is 1. The first-order valence-electron chi connectivity index (χ1n) is 8.92. The topological polar surface area (TPSA) is 58.2 Å². The highest BCUT2D eigenvalue weighted by molar-refractivity contribution is 8.00. The fourth-order valence-corrected chi connectivity index (χ4v) is 3.70. The Balaban J connectivity index is 0.00000312. The van der Waals surface area contributed by atoms with E-state index in [1.807, 2.05) is 30.3 Å². The third-order valence-corrected chi connectivity index (χ3v) is 5.23. The van der Waals surface area contributed by atoms with Gasteiger partial charge < -0.3 is 10.6 Å². The summed E-state index contributed by atoms with van der Waals surface area (Å²) < 4.78 is 0. The number of benzene rings is 1. The van der Waals surface area contributed by atoms with Crippen LogP contribution in [0, 0.1) is 0 Å². The number of amides is 1. The molecule has 1 amide bonds. The Morgan fingerprint density at radius 3 is 2.32 bits per heavy atom. The highest BCUT2D eigenvalue weighted by atomic mass is 35.5. The van der Waals surface area contributed by atoms with Crippen molar-refractivity contribution in [3.8, 4) is 0 Å². The van der Waals surface area contributed by atoms with Gasteiger partial charge in [0.1, 0.15) is 0 Å². The van der Waals surface area contributed by atoms with E-state index in [2.05, 4.69) is 10.6 Å². The van der Waals surface area contributed by atoms with Crippen molar-refractivity contribution in [1.82, 2.24) is 10.6 Å². The van der Waals surface area contributed by atoms with Crippen LogP contribution in [-0.2, 0) is 4.79 Å². The number of halogens is 1. The minimum atomic E-state index is 0. The van der Waals surface area contributed by atoms with E-state index < -0.39 is 0 Å². The first kappa shape index (κ1) is 22.0. The number of Topliss-reactive ketones (excluding diaryl/α,β-unsaturated/α-hetero) is 1. The van der Waals surface area contributed by atoms with Crippen molar-refractivity contribution in [2.24, 2.45) is 0 Å². The average molecular weight is 385 g/mol. The van der Waals surface area contributed by atoms with Gasteiger partial charge in [0.15, 0.2) is 5.78 Å². The van der Waals surface area contributed by atoms with Gasteiger partial charge in [0.2, 0.25) is 5.91 Å². The monoisotopic (exact) mass is 384 g/mol. The Hall–Kier alpha value is -1.04. The summed E-state index contributed by atoms with van der Waals surface area (Å²) in [5, 5.41) is 6.45. The van der Waals surface area contributed by atoms with E-state index in [1.54, 1.807) is 0 Å². The minimum absolute atomic E-state index is 0. The van der Waals surface area contributed by atoms with Gasteiger partial charge in [-0.3, -0.25) is 9.59 Å². The van der Waals surface area contributed by atoms with Crippen molar-refractivity contribution >= 4 is 35.9 Å². The van der Waals surface area contributed by atoms with Gasteiger partial charge in [0.05, 0.1) is 11.5 Å². The predicted molar refractivity (Wildman–Crippen MR) is 108 cm³/mol. The molecule has 0 heterocycles. The second-order valence-electron chi connectivity index (χ2n) is 6.27. The van der Waals surface area contributed by atoms with Gasteiger partial charge >= 0.3 is 0 Å². The lowest BCUT2D eigenvalue weighted by Crippen LogP contribution is -2.37. The molecule has 2 rings (SSSR count). The molecule has 0 aromatic heterocycles. The second kappa shape index (κ2) is 13.2. The number of ketones is 1. The van der Waals surface area contributed by atoms with Crippen molar-refractivity contribution in [2.45, 2.75) is 44.6 Å². The maximum Gasteiger partial charge on any atom is 0.230 e. The fraction of sp³-hybridized carbons (Fsp3) is 0.579. The molecule has 0 aliphatic heterocycles. The molecule has 1 aromatic rings. The fourth-order valence-electron chi connectivity index (χ4n) is 2.96. The summed E-state index contributed by atoms with van der Waals surface area (Å²) in [6.45, 7) is 1.48. The van der Waals surface area contributed by atoms with Gasteiger partial charge in [0, 0.05) is 24.7 Å². The molecular formula is C19H29ClN2O2S. The quantitative estimate of drug-likeness (QED) is 0.389. The van der Waals surface area contributed by atoms with Crippen molar-refractivity contribution in [3.63, 3.8) is 0 Å². The Labute approximate surface area is 161 Å². The summed E-state index contributed by atoms with van der Waals surface area (Å²) in [7, 11) is 0. The van der Waals surface area contributed by atoms with Crippen LogP contribution >= 0.6 is 24.2 Å². The lowest BCUT2D eigenvalue weighted by Gasteiger charge is -2.16. The summed E-state index contributed by atoms with van der Waals surface area (Å²) in [5.74, 6) is 0.756. The van der Waals surface area contributed by atoms with Crippen molar-refractivity contribution in [3.05, 3.63) is 35.9 Å². The molecule has 0 bridgehead atoms. The van der Waals surface area contributed by atoms with Crippen LogP contribution in [0.5, 0.6) is 0 Å². The average Bonchev–Trinajstić information content (AvgIpc) is 2.88. The Morgan fingerprint density at radius 2 is 1.64 bits per heavy atom. The third-order valence-electron chi connectivity index (χ3n) is 4.30. The number of rotatable bonds is 9. The first-order chi connectivity index (χ1) is 11.8. The van der Waals surface area contributed by atoms with Gasteiger partial charge in [-0.15, -0.1) is 24.2 Å². The molecule has 0 saturated heterocycles. The normalized spacial score (nSPS) is 15.0. The summed E-state index contributed by atoms with van der Waals surface area (Å²) in [5.41, 5.74) is 0.706. The summed E-state index contributed by atoms with van der Waals surface area (Å²) >= 11 is 1.37. The van der Waals surface area contributed by atoms with Crippen molar-refractivity contribution < 1.29 is 9.59 Å². The molecule has 2 N–H and O–H groups in total. The maximum absolute atomic E-state index is 11.9. The van der Waals surface area contributed by atoms with Crippen LogP contribution in [0.2, 0.25) is 0 Å². The number of nitrogens with one attached hydrogen (secondary N) is 2. The molecule has 0 spiro atoms. The molecule has 1 fully saturated rings. The highest BCUT2D eigenvalue weighted by Gasteiger charge is 2.11. The van der Waals surface area contributed by atoms with Gasteiger partial charge in [-0.1, -0.05) is 56.0 Å². The van der Waals surface area contributed by atoms with E-state index in [0.717, 1.165) is 6.54 Å². The molecule has 1 aliphatic carbocycles. The zero-order valence-electron chi connectivity index (χ0n) is 14.7. The molecule has 6 heteroatoms.